The Morgan fingerprint density at radius 3 is 2.41 bits per heavy atom. The van der Waals surface area contributed by atoms with Crippen molar-refractivity contribution in [2.75, 3.05) is 6.61 Å². The van der Waals surface area contributed by atoms with Crippen LogP contribution in [0, 0.1) is 0 Å². The summed E-state index contributed by atoms with van der Waals surface area (Å²) in [7, 11) is 0. The summed E-state index contributed by atoms with van der Waals surface area (Å²) >= 11 is 0. The van der Waals surface area contributed by atoms with Crippen LogP contribution < -0.4 is 0 Å². The quantitative estimate of drug-likeness (QED) is 0.754. The lowest BCUT2D eigenvalue weighted by atomic mass is 10.1. The maximum atomic E-state index is 11.3. The number of rotatable bonds is 4. The molecule has 17 heavy (non-hydrogen) atoms. The average molecular weight is 229 g/mol. The fourth-order valence-electron chi connectivity index (χ4n) is 1.67. The van der Waals surface area contributed by atoms with Gasteiger partial charge in [-0.3, -0.25) is 4.79 Å². The lowest BCUT2D eigenvalue weighted by Gasteiger charge is -2.05. The summed E-state index contributed by atoms with van der Waals surface area (Å²) in [4.78, 5) is 11.3. The first kappa shape index (κ1) is 11.5. The Morgan fingerprint density at radius 1 is 1.18 bits per heavy atom. The number of nitrogens with zero attached hydrogens (tertiary/aromatic N) is 1. The van der Waals surface area contributed by atoms with E-state index < -0.39 is 0 Å². The summed E-state index contributed by atoms with van der Waals surface area (Å²) < 4.78 is 6.93. The fraction of sp³-hybridized carbons (Fsp3) is 0.214. The minimum atomic E-state index is -0.179. The van der Waals surface area contributed by atoms with Crippen LogP contribution in [-0.4, -0.2) is 17.1 Å². The van der Waals surface area contributed by atoms with Gasteiger partial charge in [0.15, 0.2) is 0 Å². The van der Waals surface area contributed by atoms with Gasteiger partial charge in [-0.2, -0.15) is 0 Å². The standard InChI is InChI=1S/C14H15NO2/c1-2-17-14(16)11-12-5-7-13(8-6-12)15-9-3-4-10-15/h3-10H,2,11H2,1H3. The van der Waals surface area contributed by atoms with Crippen LogP contribution >= 0.6 is 0 Å². The first-order valence-electron chi connectivity index (χ1n) is 5.67. The molecule has 0 amide bonds. The van der Waals surface area contributed by atoms with Crippen molar-refractivity contribution in [3.63, 3.8) is 0 Å². The SMILES string of the molecule is CCOC(=O)Cc1ccc(-n2cccc2)cc1. The maximum Gasteiger partial charge on any atom is 0.310 e. The topological polar surface area (TPSA) is 31.2 Å². The molecular formula is C14H15NO2. The molecule has 0 atom stereocenters. The van der Waals surface area contributed by atoms with E-state index in [0.29, 0.717) is 13.0 Å². The molecule has 0 spiro atoms. The molecule has 0 saturated carbocycles. The van der Waals surface area contributed by atoms with Crippen LogP contribution in [0.1, 0.15) is 12.5 Å². The second-order valence-electron chi connectivity index (χ2n) is 3.74. The molecule has 2 rings (SSSR count). The van der Waals surface area contributed by atoms with Crippen molar-refractivity contribution in [3.8, 4) is 5.69 Å². The highest BCUT2D eigenvalue weighted by atomic mass is 16.5. The second kappa shape index (κ2) is 5.34. The number of hydrogen-bond acceptors (Lipinski definition) is 2. The number of hydrogen-bond donors (Lipinski definition) is 0. The highest BCUT2D eigenvalue weighted by molar-refractivity contribution is 5.72. The molecule has 0 aliphatic rings. The molecule has 3 nitrogen and oxygen atoms in total. The van der Waals surface area contributed by atoms with E-state index in [1.165, 1.54) is 0 Å². The van der Waals surface area contributed by atoms with Crippen LogP contribution in [0.15, 0.2) is 48.8 Å². The summed E-state index contributed by atoms with van der Waals surface area (Å²) in [5.41, 5.74) is 2.06. The normalized spacial score (nSPS) is 10.2. The van der Waals surface area contributed by atoms with Crippen molar-refractivity contribution < 1.29 is 9.53 Å². The van der Waals surface area contributed by atoms with Gasteiger partial charge in [0.05, 0.1) is 13.0 Å². The monoisotopic (exact) mass is 229 g/mol. The van der Waals surface area contributed by atoms with E-state index in [9.17, 15) is 4.79 Å². The van der Waals surface area contributed by atoms with Gasteiger partial charge < -0.3 is 9.30 Å². The zero-order chi connectivity index (χ0) is 12.1. The summed E-state index contributed by atoms with van der Waals surface area (Å²) in [6.07, 6.45) is 4.31. The minimum absolute atomic E-state index is 0.179. The van der Waals surface area contributed by atoms with Gasteiger partial charge in [-0.15, -0.1) is 0 Å². The van der Waals surface area contributed by atoms with Crippen molar-refractivity contribution >= 4 is 5.97 Å². The number of carbonyl (C=O) groups is 1. The van der Waals surface area contributed by atoms with E-state index in [1.54, 1.807) is 0 Å². The minimum Gasteiger partial charge on any atom is -0.466 e. The lowest BCUT2D eigenvalue weighted by molar-refractivity contribution is -0.142. The van der Waals surface area contributed by atoms with Crippen molar-refractivity contribution in [3.05, 3.63) is 54.4 Å². The van der Waals surface area contributed by atoms with Gasteiger partial charge in [-0.05, 0) is 36.8 Å². The zero-order valence-corrected chi connectivity index (χ0v) is 9.80. The van der Waals surface area contributed by atoms with Gasteiger partial charge in [-0.1, -0.05) is 12.1 Å². The van der Waals surface area contributed by atoms with E-state index in [-0.39, 0.29) is 5.97 Å². The molecule has 1 aromatic heterocycles. The van der Waals surface area contributed by atoms with E-state index >= 15 is 0 Å². The van der Waals surface area contributed by atoms with E-state index in [0.717, 1.165) is 11.3 Å². The Bertz CT molecular complexity index is 471. The van der Waals surface area contributed by atoms with Crippen LogP contribution in [0.4, 0.5) is 0 Å². The number of aromatic nitrogens is 1. The maximum absolute atomic E-state index is 11.3. The van der Waals surface area contributed by atoms with E-state index in [2.05, 4.69) is 0 Å². The third kappa shape index (κ3) is 2.97. The predicted molar refractivity (Wildman–Crippen MR) is 66.1 cm³/mol. The van der Waals surface area contributed by atoms with Gasteiger partial charge in [0.25, 0.3) is 0 Å². The Morgan fingerprint density at radius 2 is 1.82 bits per heavy atom. The molecule has 0 fully saturated rings. The van der Waals surface area contributed by atoms with Crippen molar-refractivity contribution in [2.24, 2.45) is 0 Å². The summed E-state index contributed by atoms with van der Waals surface area (Å²) in [6, 6.07) is 11.8. The second-order valence-corrected chi connectivity index (χ2v) is 3.74. The molecule has 0 aliphatic carbocycles. The van der Waals surface area contributed by atoms with Gasteiger partial charge in [0.2, 0.25) is 0 Å². The van der Waals surface area contributed by atoms with Crippen molar-refractivity contribution in [1.29, 1.82) is 0 Å². The Labute approximate surface area is 101 Å². The molecule has 1 aromatic carbocycles. The largest absolute Gasteiger partial charge is 0.466 e. The zero-order valence-electron chi connectivity index (χ0n) is 9.80. The summed E-state index contributed by atoms with van der Waals surface area (Å²) in [5.74, 6) is -0.179. The van der Waals surface area contributed by atoms with Gasteiger partial charge in [0, 0.05) is 18.1 Å². The molecule has 0 unspecified atom stereocenters. The summed E-state index contributed by atoms with van der Waals surface area (Å²) in [5, 5.41) is 0. The molecule has 0 saturated heterocycles. The third-order valence-corrected chi connectivity index (χ3v) is 2.49. The molecule has 88 valence electrons. The number of carbonyl (C=O) groups excluding carboxylic acids is 1. The Kier molecular flexibility index (Phi) is 3.60. The highest BCUT2D eigenvalue weighted by Gasteiger charge is 2.03. The van der Waals surface area contributed by atoms with E-state index in [4.69, 9.17) is 4.74 Å². The van der Waals surface area contributed by atoms with Crippen LogP contribution in [0.5, 0.6) is 0 Å². The first-order chi connectivity index (χ1) is 8.29. The molecule has 0 bridgehead atoms. The smallest absolute Gasteiger partial charge is 0.310 e. The molecule has 2 aromatic rings. The number of benzene rings is 1. The van der Waals surface area contributed by atoms with Gasteiger partial charge >= 0.3 is 5.97 Å². The number of esters is 1. The fourth-order valence-corrected chi connectivity index (χ4v) is 1.67. The predicted octanol–water partition coefficient (Wildman–Crippen LogP) is 2.58. The van der Waals surface area contributed by atoms with Crippen LogP contribution in [0.25, 0.3) is 5.69 Å². The van der Waals surface area contributed by atoms with Gasteiger partial charge in [-0.25, -0.2) is 0 Å². The molecule has 0 N–H and O–H groups in total. The molecule has 3 heteroatoms. The van der Waals surface area contributed by atoms with Crippen molar-refractivity contribution in [2.45, 2.75) is 13.3 Å². The van der Waals surface area contributed by atoms with Crippen LogP contribution in [0.2, 0.25) is 0 Å². The van der Waals surface area contributed by atoms with Crippen LogP contribution in [-0.2, 0) is 16.0 Å². The number of ether oxygens (including phenoxy) is 1. The lowest BCUT2D eigenvalue weighted by Crippen LogP contribution is -2.07. The van der Waals surface area contributed by atoms with Crippen LogP contribution in [0.3, 0.4) is 0 Å². The Balaban J connectivity index is 2.06. The molecule has 0 radical (unpaired) electrons. The third-order valence-electron chi connectivity index (χ3n) is 2.49. The molecular weight excluding hydrogens is 214 g/mol. The Hall–Kier alpha value is -2.03. The average Bonchev–Trinajstić information content (AvgIpc) is 2.84. The van der Waals surface area contributed by atoms with Crippen molar-refractivity contribution in [1.82, 2.24) is 4.57 Å². The summed E-state index contributed by atoms with van der Waals surface area (Å²) in [6.45, 7) is 2.24. The first-order valence-corrected chi connectivity index (χ1v) is 5.67. The molecule has 1 heterocycles. The molecule has 0 aliphatic heterocycles. The van der Waals surface area contributed by atoms with Gasteiger partial charge in [0.1, 0.15) is 0 Å². The van der Waals surface area contributed by atoms with E-state index in [1.807, 2.05) is 60.3 Å². The highest BCUT2D eigenvalue weighted by Crippen LogP contribution is 2.10.